The van der Waals surface area contributed by atoms with E-state index in [4.69, 9.17) is 14.2 Å². The molecule has 0 heterocycles. The van der Waals surface area contributed by atoms with Gasteiger partial charge in [0, 0.05) is 19.3 Å². The first-order chi connectivity index (χ1) is 36.0. The Bertz CT molecular complexity index is 1220. The second kappa shape index (κ2) is 62.2. The molecule has 0 saturated heterocycles. The van der Waals surface area contributed by atoms with Gasteiger partial charge in [0.05, 0.1) is 0 Å². The Morgan fingerprint density at radius 3 is 0.753 bits per heavy atom. The van der Waals surface area contributed by atoms with Gasteiger partial charge in [-0.05, 0) is 44.9 Å². The van der Waals surface area contributed by atoms with E-state index in [1.54, 1.807) is 0 Å². The first-order valence-corrected chi connectivity index (χ1v) is 32.5. The Balaban J connectivity index is 4.35. The molecule has 0 saturated carbocycles. The molecule has 0 amide bonds. The van der Waals surface area contributed by atoms with Crippen molar-refractivity contribution >= 4 is 17.9 Å². The number of ether oxygens (including phenoxy) is 3. The van der Waals surface area contributed by atoms with Crippen LogP contribution in [0.3, 0.4) is 0 Å². The second-order valence-electron chi connectivity index (χ2n) is 22.1. The first-order valence-electron chi connectivity index (χ1n) is 32.5. The zero-order chi connectivity index (χ0) is 52.9. The van der Waals surface area contributed by atoms with Gasteiger partial charge >= 0.3 is 17.9 Å². The number of allylic oxidation sites excluding steroid dienone is 6. The minimum atomic E-state index is -0.780. The lowest BCUT2D eigenvalue weighted by atomic mass is 10.0. The van der Waals surface area contributed by atoms with Gasteiger partial charge in [0.1, 0.15) is 13.2 Å². The molecule has 1 atom stereocenters. The molecular weight excluding hydrogens is 901 g/mol. The average molecular weight is 1030 g/mol. The number of hydrogen-bond donors (Lipinski definition) is 0. The van der Waals surface area contributed by atoms with Gasteiger partial charge in [-0.15, -0.1) is 0 Å². The number of unbranched alkanes of at least 4 members (excludes halogenated alkanes) is 45. The SMILES string of the molecule is CCCCCCC\C=C/C=C\C=C/CCCCCCCC(=O)OC(COC(=O)CCCCCCCCCCCCCCCCCCCC)COC(=O)CCCCCCCCCCCCCCCCCCCCC. The van der Waals surface area contributed by atoms with Gasteiger partial charge in [-0.1, -0.05) is 327 Å². The summed E-state index contributed by atoms with van der Waals surface area (Å²) in [4.78, 5) is 38.3. The molecule has 0 spiro atoms. The largest absolute Gasteiger partial charge is 0.462 e. The third-order valence-electron chi connectivity index (χ3n) is 14.7. The van der Waals surface area contributed by atoms with Gasteiger partial charge in [-0.25, -0.2) is 0 Å². The number of rotatable bonds is 60. The maximum Gasteiger partial charge on any atom is 0.306 e. The molecule has 73 heavy (non-hydrogen) atoms. The maximum atomic E-state index is 12.9. The minimum absolute atomic E-state index is 0.0751. The highest BCUT2D eigenvalue weighted by Crippen LogP contribution is 2.18. The molecule has 0 aromatic carbocycles. The molecule has 0 aromatic rings. The van der Waals surface area contributed by atoms with E-state index in [0.29, 0.717) is 19.3 Å². The molecule has 6 nitrogen and oxygen atoms in total. The van der Waals surface area contributed by atoms with Crippen molar-refractivity contribution in [1.29, 1.82) is 0 Å². The van der Waals surface area contributed by atoms with Gasteiger partial charge in [0.2, 0.25) is 0 Å². The summed E-state index contributed by atoms with van der Waals surface area (Å²) in [5, 5.41) is 0. The summed E-state index contributed by atoms with van der Waals surface area (Å²) in [5.74, 6) is -0.867. The van der Waals surface area contributed by atoms with E-state index >= 15 is 0 Å². The average Bonchev–Trinajstić information content (AvgIpc) is 3.39. The van der Waals surface area contributed by atoms with Gasteiger partial charge < -0.3 is 14.2 Å². The smallest absolute Gasteiger partial charge is 0.306 e. The van der Waals surface area contributed by atoms with Crippen molar-refractivity contribution in [1.82, 2.24) is 0 Å². The highest BCUT2D eigenvalue weighted by molar-refractivity contribution is 5.71. The third-order valence-corrected chi connectivity index (χ3v) is 14.7. The van der Waals surface area contributed by atoms with E-state index in [2.05, 4.69) is 57.2 Å². The summed E-state index contributed by atoms with van der Waals surface area (Å²) < 4.78 is 16.9. The quantitative estimate of drug-likeness (QED) is 0.0261. The van der Waals surface area contributed by atoms with Crippen LogP contribution in [0.4, 0.5) is 0 Å². The minimum Gasteiger partial charge on any atom is -0.462 e. The number of hydrogen-bond acceptors (Lipinski definition) is 6. The predicted octanol–water partition coefficient (Wildman–Crippen LogP) is 22.0. The van der Waals surface area contributed by atoms with Crippen LogP contribution in [-0.4, -0.2) is 37.2 Å². The molecule has 0 rings (SSSR count). The molecular formula is C67H124O6. The molecule has 0 fully saturated rings. The Kier molecular flexibility index (Phi) is 60.2. The first kappa shape index (κ1) is 70.6. The van der Waals surface area contributed by atoms with Crippen molar-refractivity contribution < 1.29 is 28.6 Å². The molecule has 0 aliphatic carbocycles. The van der Waals surface area contributed by atoms with Crippen molar-refractivity contribution in [2.45, 2.75) is 361 Å². The zero-order valence-electron chi connectivity index (χ0n) is 49.2. The summed E-state index contributed by atoms with van der Waals surface area (Å²) in [5.41, 5.74) is 0. The molecule has 0 aliphatic rings. The predicted molar refractivity (Wildman–Crippen MR) is 316 cm³/mol. The van der Waals surface area contributed by atoms with Gasteiger partial charge in [0.15, 0.2) is 6.10 Å². The van der Waals surface area contributed by atoms with E-state index in [1.165, 1.54) is 238 Å². The van der Waals surface area contributed by atoms with Crippen LogP contribution in [0.25, 0.3) is 0 Å². The molecule has 1 unspecified atom stereocenters. The molecule has 0 aliphatic heterocycles. The number of carbonyl (C=O) groups is 3. The van der Waals surface area contributed by atoms with Crippen molar-refractivity contribution in [3.8, 4) is 0 Å². The molecule has 0 N–H and O–H groups in total. The third kappa shape index (κ3) is 60.4. The fourth-order valence-electron chi connectivity index (χ4n) is 9.80. The maximum absolute atomic E-state index is 12.9. The van der Waals surface area contributed by atoms with Crippen LogP contribution < -0.4 is 0 Å². The van der Waals surface area contributed by atoms with Gasteiger partial charge in [0.25, 0.3) is 0 Å². The zero-order valence-corrected chi connectivity index (χ0v) is 49.2. The Morgan fingerprint density at radius 2 is 0.493 bits per heavy atom. The number of carbonyl (C=O) groups excluding carboxylic acids is 3. The van der Waals surface area contributed by atoms with Crippen molar-refractivity contribution in [3.63, 3.8) is 0 Å². The molecule has 6 heteroatoms. The van der Waals surface area contributed by atoms with E-state index < -0.39 is 6.10 Å². The molecule has 0 aromatic heterocycles. The normalized spacial score (nSPS) is 12.2. The van der Waals surface area contributed by atoms with Crippen LogP contribution in [0.1, 0.15) is 355 Å². The summed E-state index contributed by atoms with van der Waals surface area (Å²) in [7, 11) is 0. The fraction of sp³-hybridized carbons (Fsp3) is 0.866. The molecule has 0 radical (unpaired) electrons. The van der Waals surface area contributed by atoms with Crippen molar-refractivity contribution in [2.24, 2.45) is 0 Å². The topological polar surface area (TPSA) is 78.9 Å². The van der Waals surface area contributed by atoms with Gasteiger partial charge in [-0.3, -0.25) is 14.4 Å². The van der Waals surface area contributed by atoms with Crippen molar-refractivity contribution in [2.75, 3.05) is 13.2 Å². The molecule has 0 bridgehead atoms. The standard InChI is InChI=1S/C67H124O6/c1-4-7-10-13-16-19-22-25-28-31-34-37-39-42-45-48-51-54-57-60-66(69)72-63-64(73-67(70)61-58-55-52-49-46-43-40-36-33-30-27-24-21-18-15-12-9-6-3)62-71-65(68)59-56-53-50-47-44-41-38-35-32-29-26-23-20-17-14-11-8-5-2/h24,27,30,33,36,40,64H,4-23,25-26,28-29,31-32,34-35,37-39,41-63H2,1-3H3/b27-24-,33-30-,40-36-. The van der Waals surface area contributed by atoms with Crippen LogP contribution in [0.5, 0.6) is 0 Å². The Labute approximate surface area is 455 Å². The fourth-order valence-corrected chi connectivity index (χ4v) is 9.80. The summed E-state index contributed by atoms with van der Waals surface area (Å²) in [6.07, 6.45) is 75.7. The lowest BCUT2D eigenvalue weighted by molar-refractivity contribution is -0.167. The van der Waals surface area contributed by atoms with Gasteiger partial charge in [-0.2, -0.15) is 0 Å². The van der Waals surface area contributed by atoms with Crippen molar-refractivity contribution in [3.05, 3.63) is 36.5 Å². The Morgan fingerprint density at radius 1 is 0.274 bits per heavy atom. The Hall–Kier alpha value is -2.37. The molecule has 428 valence electrons. The van der Waals surface area contributed by atoms with E-state index in [-0.39, 0.29) is 31.1 Å². The summed E-state index contributed by atoms with van der Waals surface area (Å²) in [6.45, 7) is 6.68. The number of esters is 3. The van der Waals surface area contributed by atoms with Crippen LogP contribution in [-0.2, 0) is 28.6 Å². The summed E-state index contributed by atoms with van der Waals surface area (Å²) >= 11 is 0. The van der Waals surface area contributed by atoms with E-state index in [9.17, 15) is 14.4 Å². The summed E-state index contributed by atoms with van der Waals surface area (Å²) in [6, 6.07) is 0. The van der Waals surface area contributed by atoms with E-state index in [1.807, 2.05) is 0 Å². The van der Waals surface area contributed by atoms with Crippen LogP contribution in [0, 0.1) is 0 Å². The lowest BCUT2D eigenvalue weighted by Gasteiger charge is -2.18. The van der Waals surface area contributed by atoms with Crippen LogP contribution in [0.15, 0.2) is 36.5 Å². The highest BCUT2D eigenvalue weighted by atomic mass is 16.6. The lowest BCUT2D eigenvalue weighted by Crippen LogP contribution is -2.30. The van der Waals surface area contributed by atoms with Crippen LogP contribution >= 0.6 is 0 Å². The second-order valence-corrected chi connectivity index (χ2v) is 22.1. The highest BCUT2D eigenvalue weighted by Gasteiger charge is 2.19. The van der Waals surface area contributed by atoms with E-state index in [0.717, 1.165) is 77.0 Å². The van der Waals surface area contributed by atoms with Crippen LogP contribution in [0.2, 0.25) is 0 Å². The monoisotopic (exact) mass is 1020 g/mol.